The number of hydrogen-bond donors (Lipinski definition) is 1. The van der Waals surface area contributed by atoms with Crippen LogP contribution in [0.15, 0.2) is 0 Å². The Hall–Kier alpha value is -0.670. The van der Waals surface area contributed by atoms with E-state index in [0.29, 0.717) is 13.2 Å². The Labute approximate surface area is 105 Å². The fourth-order valence-corrected chi connectivity index (χ4v) is 1.54. The SMILES string of the molecule is CNC(C)(C#N)CN(CCCOC)CCOC. The molecule has 0 radical (unpaired) electrons. The Morgan fingerprint density at radius 1 is 1.24 bits per heavy atom. The number of nitrogens with one attached hydrogen (secondary N) is 1. The highest BCUT2D eigenvalue weighted by atomic mass is 16.5. The molecular formula is C12H25N3O2. The summed E-state index contributed by atoms with van der Waals surface area (Å²) in [6.45, 7) is 5.76. The number of likely N-dealkylation sites (N-methyl/N-ethyl adjacent to an activating group) is 1. The second-order valence-electron chi connectivity index (χ2n) is 4.31. The number of nitriles is 1. The first-order valence-electron chi connectivity index (χ1n) is 5.92. The van der Waals surface area contributed by atoms with E-state index in [-0.39, 0.29) is 0 Å². The number of hydrogen-bond acceptors (Lipinski definition) is 5. The summed E-state index contributed by atoms with van der Waals surface area (Å²) in [5.74, 6) is 0. The highest BCUT2D eigenvalue weighted by Crippen LogP contribution is 2.05. The fraction of sp³-hybridized carbons (Fsp3) is 0.917. The van der Waals surface area contributed by atoms with Crippen molar-refractivity contribution in [1.29, 1.82) is 5.26 Å². The van der Waals surface area contributed by atoms with Crippen molar-refractivity contribution in [1.82, 2.24) is 10.2 Å². The first-order chi connectivity index (χ1) is 8.11. The summed E-state index contributed by atoms with van der Waals surface area (Å²) in [5.41, 5.74) is -0.513. The van der Waals surface area contributed by atoms with Crippen molar-refractivity contribution in [2.75, 3.05) is 54.1 Å². The van der Waals surface area contributed by atoms with E-state index in [0.717, 1.165) is 26.1 Å². The number of methoxy groups -OCH3 is 2. The van der Waals surface area contributed by atoms with Crippen LogP contribution in [0.2, 0.25) is 0 Å². The Morgan fingerprint density at radius 2 is 1.88 bits per heavy atom. The molecule has 0 spiro atoms. The van der Waals surface area contributed by atoms with Crippen LogP contribution in [0.3, 0.4) is 0 Å². The van der Waals surface area contributed by atoms with Gasteiger partial charge in [-0.3, -0.25) is 4.90 Å². The molecule has 5 nitrogen and oxygen atoms in total. The van der Waals surface area contributed by atoms with Gasteiger partial charge in [0.1, 0.15) is 5.54 Å². The van der Waals surface area contributed by atoms with Crippen LogP contribution in [0.1, 0.15) is 13.3 Å². The molecular weight excluding hydrogens is 218 g/mol. The first kappa shape index (κ1) is 16.3. The number of nitrogens with zero attached hydrogens (tertiary/aromatic N) is 2. The third-order valence-electron chi connectivity index (χ3n) is 2.77. The van der Waals surface area contributed by atoms with Gasteiger partial charge in [-0.2, -0.15) is 5.26 Å². The van der Waals surface area contributed by atoms with E-state index in [1.807, 2.05) is 14.0 Å². The van der Waals surface area contributed by atoms with Crippen molar-refractivity contribution in [3.63, 3.8) is 0 Å². The zero-order valence-electron chi connectivity index (χ0n) is 11.5. The molecule has 0 saturated carbocycles. The van der Waals surface area contributed by atoms with Crippen LogP contribution < -0.4 is 5.32 Å². The largest absolute Gasteiger partial charge is 0.385 e. The minimum Gasteiger partial charge on any atom is -0.385 e. The number of rotatable bonds is 10. The average Bonchev–Trinajstić information content (AvgIpc) is 2.35. The maximum atomic E-state index is 9.14. The van der Waals surface area contributed by atoms with Crippen LogP contribution in [0.5, 0.6) is 0 Å². The van der Waals surface area contributed by atoms with Gasteiger partial charge in [0.15, 0.2) is 0 Å². The van der Waals surface area contributed by atoms with E-state index in [1.165, 1.54) is 0 Å². The van der Waals surface area contributed by atoms with Gasteiger partial charge in [0.05, 0.1) is 12.7 Å². The molecule has 1 N–H and O–H groups in total. The van der Waals surface area contributed by atoms with E-state index in [2.05, 4.69) is 16.3 Å². The van der Waals surface area contributed by atoms with Crippen molar-refractivity contribution >= 4 is 0 Å². The van der Waals surface area contributed by atoms with Crippen molar-refractivity contribution in [2.24, 2.45) is 0 Å². The summed E-state index contributed by atoms with van der Waals surface area (Å²) in [6, 6.07) is 2.30. The molecule has 1 unspecified atom stereocenters. The zero-order chi connectivity index (χ0) is 13.1. The Kier molecular flexibility index (Phi) is 9.00. The summed E-state index contributed by atoms with van der Waals surface area (Å²) in [5, 5.41) is 12.2. The molecule has 0 aromatic heterocycles. The van der Waals surface area contributed by atoms with Gasteiger partial charge in [-0.25, -0.2) is 0 Å². The third-order valence-corrected chi connectivity index (χ3v) is 2.77. The van der Waals surface area contributed by atoms with Crippen LogP contribution >= 0.6 is 0 Å². The molecule has 0 heterocycles. The summed E-state index contributed by atoms with van der Waals surface area (Å²) < 4.78 is 10.1. The highest BCUT2D eigenvalue weighted by molar-refractivity contribution is 5.04. The van der Waals surface area contributed by atoms with Gasteiger partial charge in [-0.05, 0) is 20.4 Å². The molecule has 0 rings (SSSR count). The quantitative estimate of drug-likeness (QED) is 0.565. The monoisotopic (exact) mass is 243 g/mol. The molecule has 0 aliphatic heterocycles. The maximum absolute atomic E-state index is 9.14. The lowest BCUT2D eigenvalue weighted by molar-refractivity contribution is 0.121. The molecule has 0 aromatic rings. The maximum Gasteiger partial charge on any atom is 0.116 e. The van der Waals surface area contributed by atoms with Crippen LogP contribution in [0.25, 0.3) is 0 Å². The van der Waals surface area contributed by atoms with Crippen LogP contribution in [-0.4, -0.2) is 64.6 Å². The zero-order valence-corrected chi connectivity index (χ0v) is 11.5. The minimum absolute atomic E-state index is 0.513. The van der Waals surface area contributed by atoms with Gasteiger partial charge < -0.3 is 14.8 Å². The Bertz CT molecular complexity index is 230. The molecule has 0 amide bonds. The lowest BCUT2D eigenvalue weighted by Gasteiger charge is -2.30. The minimum atomic E-state index is -0.513. The van der Waals surface area contributed by atoms with Gasteiger partial charge in [0, 0.05) is 40.5 Å². The van der Waals surface area contributed by atoms with E-state index in [9.17, 15) is 0 Å². The van der Waals surface area contributed by atoms with Crippen LogP contribution in [0, 0.1) is 11.3 Å². The summed E-state index contributed by atoms with van der Waals surface area (Å²) in [7, 11) is 5.20. The smallest absolute Gasteiger partial charge is 0.116 e. The Balaban J connectivity index is 4.21. The van der Waals surface area contributed by atoms with Crippen molar-refractivity contribution in [2.45, 2.75) is 18.9 Å². The first-order valence-corrected chi connectivity index (χ1v) is 5.92. The second kappa shape index (κ2) is 9.37. The molecule has 100 valence electrons. The van der Waals surface area contributed by atoms with Crippen molar-refractivity contribution in [3.05, 3.63) is 0 Å². The van der Waals surface area contributed by atoms with Crippen LogP contribution in [0.4, 0.5) is 0 Å². The molecule has 0 bridgehead atoms. The third kappa shape index (κ3) is 7.29. The molecule has 0 aliphatic carbocycles. The fourth-order valence-electron chi connectivity index (χ4n) is 1.54. The van der Waals surface area contributed by atoms with Crippen molar-refractivity contribution < 1.29 is 9.47 Å². The van der Waals surface area contributed by atoms with E-state index < -0.39 is 5.54 Å². The second-order valence-corrected chi connectivity index (χ2v) is 4.31. The molecule has 5 heteroatoms. The van der Waals surface area contributed by atoms with Gasteiger partial charge in [-0.15, -0.1) is 0 Å². The lowest BCUT2D eigenvalue weighted by atomic mass is 10.0. The van der Waals surface area contributed by atoms with E-state index >= 15 is 0 Å². The predicted molar refractivity (Wildman–Crippen MR) is 67.9 cm³/mol. The van der Waals surface area contributed by atoms with E-state index in [1.54, 1.807) is 14.2 Å². The molecule has 17 heavy (non-hydrogen) atoms. The lowest BCUT2D eigenvalue weighted by Crippen LogP contribution is -2.49. The average molecular weight is 243 g/mol. The van der Waals surface area contributed by atoms with Gasteiger partial charge in [0.25, 0.3) is 0 Å². The van der Waals surface area contributed by atoms with E-state index in [4.69, 9.17) is 14.7 Å². The standard InChI is InChI=1S/C12H25N3O2/c1-12(10-13,14-2)11-15(7-9-17-4)6-5-8-16-3/h14H,5-9,11H2,1-4H3. The molecule has 0 aliphatic rings. The Morgan fingerprint density at radius 3 is 2.35 bits per heavy atom. The summed E-state index contributed by atoms with van der Waals surface area (Å²) >= 11 is 0. The summed E-state index contributed by atoms with van der Waals surface area (Å²) in [6.07, 6.45) is 0.964. The molecule has 0 saturated heterocycles. The van der Waals surface area contributed by atoms with Crippen molar-refractivity contribution in [3.8, 4) is 6.07 Å². The topological polar surface area (TPSA) is 57.5 Å². The predicted octanol–water partition coefficient (Wildman–Crippen LogP) is 0.473. The molecule has 1 atom stereocenters. The van der Waals surface area contributed by atoms with Gasteiger partial charge >= 0.3 is 0 Å². The normalized spacial score (nSPS) is 14.6. The van der Waals surface area contributed by atoms with Gasteiger partial charge in [-0.1, -0.05) is 0 Å². The van der Waals surface area contributed by atoms with Gasteiger partial charge in [0.2, 0.25) is 0 Å². The number of ether oxygens (including phenoxy) is 2. The molecule has 0 aromatic carbocycles. The highest BCUT2D eigenvalue weighted by Gasteiger charge is 2.24. The summed E-state index contributed by atoms with van der Waals surface area (Å²) in [4.78, 5) is 2.22. The van der Waals surface area contributed by atoms with Crippen LogP contribution in [-0.2, 0) is 9.47 Å². The molecule has 0 fully saturated rings.